The first kappa shape index (κ1) is 19.7. The molecule has 0 aliphatic heterocycles. The van der Waals surface area contributed by atoms with Crippen LogP contribution in [0.15, 0.2) is 30.3 Å². The molecule has 0 fully saturated rings. The summed E-state index contributed by atoms with van der Waals surface area (Å²) in [6.07, 6.45) is 1.07. The van der Waals surface area contributed by atoms with E-state index >= 15 is 0 Å². The largest absolute Gasteiger partial charge is 0.491 e. The second-order valence-electron chi connectivity index (χ2n) is 6.97. The van der Waals surface area contributed by atoms with E-state index in [0.29, 0.717) is 24.1 Å². The van der Waals surface area contributed by atoms with E-state index in [-0.39, 0.29) is 12.0 Å². The third-order valence-electron chi connectivity index (χ3n) is 3.58. The summed E-state index contributed by atoms with van der Waals surface area (Å²) in [4.78, 5) is 21.0. The van der Waals surface area contributed by atoms with Gasteiger partial charge in [-0.05, 0) is 63.4 Å². The minimum absolute atomic E-state index is 0.130. The Morgan fingerprint density at radius 3 is 2.42 bits per heavy atom. The molecule has 0 atom stereocenters. The number of ether oxygens (including phenoxy) is 1. The van der Waals surface area contributed by atoms with E-state index in [1.807, 2.05) is 45.0 Å². The zero-order valence-electron chi connectivity index (χ0n) is 16.2. The summed E-state index contributed by atoms with van der Waals surface area (Å²) >= 11 is 0. The minimum Gasteiger partial charge on any atom is -0.491 e. The van der Waals surface area contributed by atoms with Gasteiger partial charge in [0.05, 0.1) is 6.10 Å². The summed E-state index contributed by atoms with van der Waals surface area (Å²) in [5, 5.41) is 6.04. The Balaban J connectivity index is 2.05. The van der Waals surface area contributed by atoms with Crippen LogP contribution in [0.3, 0.4) is 0 Å². The lowest BCUT2D eigenvalue weighted by molar-refractivity contribution is 0.0947. The molecule has 26 heavy (non-hydrogen) atoms. The van der Waals surface area contributed by atoms with Crippen molar-refractivity contribution in [3.63, 3.8) is 0 Å². The highest BCUT2D eigenvalue weighted by molar-refractivity contribution is 5.92. The van der Waals surface area contributed by atoms with E-state index in [1.165, 1.54) is 0 Å². The number of rotatable bonds is 8. The molecule has 1 aromatic carbocycles. The van der Waals surface area contributed by atoms with Gasteiger partial charge in [0.15, 0.2) is 0 Å². The molecule has 0 radical (unpaired) electrons. The summed E-state index contributed by atoms with van der Waals surface area (Å²) in [5.74, 6) is 1.57. The van der Waals surface area contributed by atoms with Crippen molar-refractivity contribution in [3.8, 4) is 5.75 Å². The van der Waals surface area contributed by atoms with Crippen LogP contribution in [-0.4, -0.2) is 28.5 Å². The number of amides is 1. The Labute approximate surface area is 155 Å². The van der Waals surface area contributed by atoms with Crippen LogP contribution in [0.4, 0.5) is 11.6 Å². The predicted molar refractivity (Wildman–Crippen MR) is 104 cm³/mol. The number of nitrogens with one attached hydrogen (secondary N) is 2. The van der Waals surface area contributed by atoms with Crippen LogP contribution >= 0.6 is 0 Å². The van der Waals surface area contributed by atoms with E-state index in [2.05, 4.69) is 34.4 Å². The highest BCUT2D eigenvalue weighted by Crippen LogP contribution is 2.19. The average molecular weight is 356 g/mol. The van der Waals surface area contributed by atoms with Crippen molar-refractivity contribution in [1.29, 1.82) is 0 Å². The molecule has 1 amide bonds. The van der Waals surface area contributed by atoms with Gasteiger partial charge in [-0.2, -0.15) is 0 Å². The highest BCUT2D eigenvalue weighted by atomic mass is 16.5. The fraction of sp³-hybridized carbons (Fsp3) is 0.450. The number of carbonyl (C=O) groups excluding carboxylic acids is 1. The van der Waals surface area contributed by atoms with Gasteiger partial charge in [0, 0.05) is 17.9 Å². The van der Waals surface area contributed by atoms with Crippen LogP contribution in [0.1, 0.15) is 50.3 Å². The number of anilines is 2. The maximum absolute atomic E-state index is 12.3. The Hall–Kier alpha value is -2.63. The van der Waals surface area contributed by atoms with Gasteiger partial charge in [0.1, 0.15) is 11.4 Å². The normalized spacial score (nSPS) is 10.9. The molecule has 2 aromatic rings. The second kappa shape index (κ2) is 9.17. The molecule has 0 saturated carbocycles. The van der Waals surface area contributed by atoms with Crippen LogP contribution in [0.5, 0.6) is 5.75 Å². The van der Waals surface area contributed by atoms with Gasteiger partial charge in [-0.15, -0.1) is 0 Å². The number of carbonyl (C=O) groups is 1. The molecular weight excluding hydrogens is 328 g/mol. The summed E-state index contributed by atoms with van der Waals surface area (Å²) in [6, 6.07) is 9.25. The number of nitrogens with zero attached hydrogens (tertiary/aromatic N) is 2. The summed E-state index contributed by atoms with van der Waals surface area (Å²) in [7, 11) is 0. The van der Waals surface area contributed by atoms with Crippen molar-refractivity contribution in [2.24, 2.45) is 5.92 Å². The van der Waals surface area contributed by atoms with Crippen molar-refractivity contribution in [2.75, 3.05) is 11.9 Å². The van der Waals surface area contributed by atoms with Crippen molar-refractivity contribution >= 4 is 17.5 Å². The maximum Gasteiger partial charge on any atom is 0.270 e. The first-order chi connectivity index (χ1) is 12.3. The van der Waals surface area contributed by atoms with E-state index in [1.54, 1.807) is 6.07 Å². The van der Waals surface area contributed by atoms with Gasteiger partial charge in [-0.1, -0.05) is 13.8 Å². The zero-order valence-corrected chi connectivity index (χ0v) is 16.2. The van der Waals surface area contributed by atoms with Crippen LogP contribution in [-0.2, 0) is 0 Å². The van der Waals surface area contributed by atoms with Crippen molar-refractivity contribution < 1.29 is 9.53 Å². The SMILES string of the molecule is Cc1cc(C(=O)NCCC(C)C)nc(Nc2ccc(OC(C)C)cc2)n1. The fourth-order valence-electron chi connectivity index (χ4n) is 2.32. The van der Waals surface area contributed by atoms with Gasteiger partial charge in [-0.3, -0.25) is 4.79 Å². The predicted octanol–water partition coefficient (Wildman–Crippen LogP) is 4.09. The van der Waals surface area contributed by atoms with Gasteiger partial charge in [0.25, 0.3) is 5.91 Å². The molecule has 0 saturated heterocycles. The van der Waals surface area contributed by atoms with Crippen LogP contribution < -0.4 is 15.4 Å². The molecular formula is C20H28N4O2. The van der Waals surface area contributed by atoms with Crippen molar-refractivity contribution in [3.05, 3.63) is 41.7 Å². The van der Waals surface area contributed by atoms with E-state index < -0.39 is 0 Å². The van der Waals surface area contributed by atoms with E-state index in [0.717, 1.165) is 23.6 Å². The van der Waals surface area contributed by atoms with E-state index in [9.17, 15) is 4.79 Å². The van der Waals surface area contributed by atoms with Gasteiger partial charge < -0.3 is 15.4 Å². The quantitative estimate of drug-likeness (QED) is 0.745. The standard InChI is InChI=1S/C20H28N4O2/c1-13(2)10-11-21-19(25)18-12-15(5)22-20(24-18)23-16-6-8-17(9-7-16)26-14(3)4/h6-9,12-14H,10-11H2,1-5H3,(H,21,25)(H,22,23,24). The van der Waals surface area contributed by atoms with E-state index in [4.69, 9.17) is 4.74 Å². The molecule has 2 N–H and O–H groups in total. The molecule has 0 aliphatic rings. The summed E-state index contributed by atoms with van der Waals surface area (Å²) in [6.45, 7) is 10.7. The third kappa shape index (κ3) is 6.35. The fourth-order valence-corrected chi connectivity index (χ4v) is 2.32. The van der Waals surface area contributed by atoms with Gasteiger partial charge in [-0.25, -0.2) is 9.97 Å². The summed E-state index contributed by atoms with van der Waals surface area (Å²) in [5.41, 5.74) is 1.93. The minimum atomic E-state index is -0.181. The van der Waals surface area contributed by atoms with Crippen molar-refractivity contribution in [2.45, 2.75) is 47.1 Å². The molecule has 6 heteroatoms. The van der Waals surface area contributed by atoms with Gasteiger partial charge in [0.2, 0.25) is 5.95 Å². The number of aromatic nitrogens is 2. The van der Waals surface area contributed by atoms with Crippen LogP contribution in [0, 0.1) is 12.8 Å². The molecule has 6 nitrogen and oxygen atoms in total. The smallest absolute Gasteiger partial charge is 0.270 e. The number of hydrogen-bond donors (Lipinski definition) is 2. The number of aryl methyl sites for hydroxylation is 1. The third-order valence-corrected chi connectivity index (χ3v) is 3.58. The molecule has 1 aromatic heterocycles. The average Bonchev–Trinajstić information content (AvgIpc) is 2.55. The molecule has 2 rings (SSSR count). The summed E-state index contributed by atoms with van der Waals surface area (Å²) < 4.78 is 5.63. The maximum atomic E-state index is 12.3. The molecule has 1 heterocycles. The molecule has 0 spiro atoms. The molecule has 0 unspecified atom stereocenters. The van der Waals surface area contributed by atoms with Crippen LogP contribution in [0.25, 0.3) is 0 Å². The Morgan fingerprint density at radius 1 is 1.12 bits per heavy atom. The molecule has 140 valence electrons. The monoisotopic (exact) mass is 356 g/mol. The lowest BCUT2D eigenvalue weighted by Gasteiger charge is -2.11. The highest BCUT2D eigenvalue weighted by Gasteiger charge is 2.11. The second-order valence-corrected chi connectivity index (χ2v) is 6.97. The first-order valence-electron chi connectivity index (χ1n) is 9.01. The Bertz CT molecular complexity index is 727. The topological polar surface area (TPSA) is 76.1 Å². The lowest BCUT2D eigenvalue weighted by Crippen LogP contribution is -2.26. The van der Waals surface area contributed by atoms with Gasteiger partial charge >= 0.3 is 0 Å². The first-order valence-corrected chi connectivity index (χ1v) is 9.01. The number of hydrogen-bond acceptors (Lipinski definition) is 5. The molecule has 0 aliphatic carbocycles. The Morgan fingerprint density at radius 2 is 1.81 bits per heavy atom. The van der Waals surface area contributed by atoms with Crippen LogP contribution in [0.2, 0.25) is 0 Å². The molecule has 0 bridgehead atoms. The van der Waals surface area contributed by atoms with Crippen molar-refractivity contribution in [1.82, 2.24) is 15.3 Å². The Kier molecular flexibility index (Phi) is 6.95. The zero-order chi connectivity index (χ0) is 19.1. The lowest BCUT2D eigenvalue weighted by atomic mass is 10.1. The number of benzene rings is 1.